The van der Waals surface area contributed by atoms with Gasteiger partial charge in [-0.1, -0.05) is 56.3 Å². The van der Waals surface area contributed by atoms with Gasteiger partial charge in [0.15, 0.2) is 5.96 Å². The number of rotatable bonds is 7. The average molecular weight is 311 g/mol. The smallest absolute Gasteiger partial charge is 0.188 e. The Labute approximate surface area is 138 Å². The molecule has 0 fully saturated rings. The van der Waals surface area contributed by atoms with Crippen LogP contribution in [0.1, 0.15) is 25.0 Å². The Morgan fingerprint density at radius 2 is 1.83 bits per heavy atom. The molecule has 0 heterocycles. The van der Waals surface area contributed by atoms with E-state index in [2.05, 4.69) is 36.3 Å². The van der Waals surface area contributed by atoms with E-state index in [0.29, 0.717) is 25.0 Å². The maximum atomic E-state index is 5.85. The number of nitrogens with zero attached hydrogens (tertiary/aromatic N) is 1. The third-order valence-corrected chi connectivity index (χ3v) is 3.27. The highest BCUT2D eigenvalue weighted by atomic mass is 16.5. The third kappa shape index (κ3) is 6.43. The highest BCUT2D eigenvalue weighted by molar-refractivity contribution is 5.77. The molecule has 0 aliphatic carbocycles. The molecule has 0 amide bonds. The number of aliphatic imine (C=N–C) groups is 1. The van der Waals surface area contributed by atoms with E-state index in [1.54, 1.807) is 0 Å². The number of hydrogen-bond donors (Lipinski definition) is 2. The van der Waals surface area contributed by atoms with Crippen molar-refractivity contribution in [3.63, 3.8) is 0 Å². The van der Waals surface area contributed by atoms with Crippen LogP contribution in [-0.4, -0.2) is 12.5 Å². The van der Waals surface area contributed by atoms with Crippen LogP contribution < -0.4 is 15.8 Å². The van der Waals surface area contributed by atoms with E-state index in [4.69, 9.17) is 10.5 Å². The van der Waals surface area contributed by atoms with Crippen molar-refractivity contribution in [2.45, 2.75) is 27.0 Å². The molecule has 0 radical (unpaired) electrons. The molecular weight excluding hydrogens is 286 g/mol. The van der Waals surface area contributed by atoms with E-state index in [1.165, 1.54) is 0 Å². The van der Waals surface area contributed by atoms with E-state index in [9.17, 15) is 0 Å². The van der Waals surface area contributed by atoms with E-state index in [-0.39, 0.29) is 0 Å². The standard InChI is InChI=1S/C19H25N3O/c1-15(2)12-21-19(20)22-13-17-9-6-10-18(11-17)23-14-16-7-4-3-5-8-16/h3-11,15H,12-14H2,1-2H3,(H3,20,21,22). The maximum Gasteiger partial charge on any atom is 0.188 e. The van der Waals surface area contributed by atoms with Crippen molar-refractivity contribution in [1.29, 1.82) is 0 Å². The first-order valence-electron chi connectivity index (χ1n) is 7.93. The zero-order chi connectivity index (χ0) is 16.5. The summed E-state index contributed by atoms with van der Waals surface area (Å²) in [5, 5.41) is 3.11. The minimum absolute atomic E-state index is 0.481. The molecule has 2 rings (SSSR count). The highest BCUT2D eigenvalue weighted by Gasteiger charge is 1.99. The minimum atomic E-state index is 0.481. The molecule has 0 unspecified atom stereocenters. The first-order chi connectivity index (χ1) is 11.1. The van der Waals surface area contributed by atoms with Crippen LogP contribution >= 0.6 is 0 Å². The van der Waals surface area contributed by atoms with E-state index in [1.807, 2.05) is 42.5 Å². The molecule has 0 bridgehead atoms. The van der Waals surface area contributed by atoms with Crippen LogP contribution in [0.2, 0.25) is 0 Å². The molecule has 2 aromatic carbocycles. The van der Waals surface area contributed by atoms with Gasteiger partial charge in [-0.15, -0.1) is 0 Å². The molecule has 4 heteroatoms. The largest absolute Gasteiger partial charge is 0.489 e. The molecule has 122 valence electrons. The third-order valence-electron chi connectivity index (χ3n) is 3.27. The van der Waals surface area contributed by atoms with Gasteiger partial charge in [0.1, 0.15) is 12.4 Å². The van der Waals surface area contributed by atoms with Crippen LogP contribution in [0, 0.1) is 5.92 Å². The van der Waals surface area contributed by atoms with Gasteiger partial charge < -0.3 is 15.8 Å². The first-order valence-corrected chi connectivity index (χ1v) is 7.93. The van der Waals surface area contributed by atoms with Crippen molar-refractivity contribution in [3.05, 3.63) is 65.7 Å². The number of ether oxygens (including phenoxy) is 1. The summed E-state index contributed by atoms with van der Waals surface area (Å²) in [6.07, 6.45) is 0. The number of hydrogen-bond acceptors (Lipinski definition) is 2. The summed E-state index contributed by atoms with van der Waals surface area (Å²) in [5.41, 5.74) is 8.08. The fraction of sp³-hybridized carbons (Fsp3) is 0.316. The molecule has 0 aliphatic rings. The molecule has 23 heavy (non-hydrogen) atoms. The van der Waals surface area contributed by atoms with Crippen LogP contribution in [0.25, 0.3) is 0 Å². The van der Waals surface area contributed by atoms with E-state index in [0.717, 1.165) is 23.4 Å². The monoisotopic (exact) mass is 311 g/mol. The lowest BCUT2D eigenvalue weighted by atomic mass is 10.2. The van der Waals surface area contributed by atoms with E-state index < -0.39 is 0 Å². The Kier molecular flexibility index (Phi) is 6.48. The second kappa shape index (κ2) is 8.83. The zero-order valence-corrected chi connectivity index (χ0v) is 13.8. The van der Waals surface area contributed by atoms with Crippen molar-refractivity contribution < 1.29 is 4.74 Å². The molecule has 0 aromatic heterocycles. The van der Waals surface area contributed by atoms with Crippen LogP contribution in [-0.2, 0) is 13.2 Å². The van der Waals surface area contributed by atoms with Gasteiger partial charge in [-0.2, -0.15) is 0 Å². The van der Waals surface area contributed by atoms with Crippen LogP contribution in [0.15, 0.2) is 59.6 Å². The summed E-state index contributed by atoms with van der Waals surface area (Å²) in [6, 6.07) is 18.1. The van der Waals surface area contributed by atoms with Gasteiger partial charge in [-0.25, -0.2) is 4.99 Å². The lowest BCUT2D eigenvalue weighted by molar-refractivity contribution is 0.306. The van der Waals surface area contributed by atoms with Gasteiger partial charge in [0.05, 0.1) is 6.54 Å². The fourth-order valence-electron chi connectivity index (χ4n) is 2.02. The molecule has 0 spiro atoms. The van der Waals surface area contributed by atoms with Gasteiger partial charge in [0.25, 0.3) is 0 Å². The molecule has 3 N–H and O–H groups in total. The fourth-order valence-corrected chi connectivity index (χ4v) is 2.02. The predicted octanol–water partition coefficient (Wildman–Crippen LogP) is 3.33. The molecular formula is C19H25N3O. The van der Waals surface area contributed by atoms with Crippen molar-refractivity contribution >= 4 is 5.96 Å². The van der Waals surface area contributed by atoms with Gasteiger partial charge >= 0.3 is 0 Å². The second-order valence-electron chi connectivity index (χ2n) is 5.90. The van der Waals surface area contributed by atoms with Gasteiger partial charge in [0, 0.05) is 6.54 Å². The van der Waals surface area contributed by atoms with Crippen LogP contribution in [0.4, 0.5) is 0 Å². The van der Waals surface area contributed by atoms with Crippen LogP contribution in [0.5, 0.6) is 5.75 Å². The average Bonchev–Trinajstić information content (AvgIpc) is 2.57. The summed E-state index contributed by atoms with van der Waals surface area (Å²) in [4.78, 5) is 4.35. The summed E-state index contributed by atoms with van der Waals surface area (Å²) >= 11 is 0. The normalized spacial score (nSPS) is 11.5. The van der Waals surface area contributed by atoms with E-state index >= 15 is 0 Å². The Hall–Kier alpha value is -2.49. The Balaban J connectivity index is 1.88. The van der Waals surface area contributed by atoms with Crippen molar-refractivity contribution in [1.82, 2.24) is 5.32 Å². The summed E-state index contributed by atoms with van der Waals surface area (Å²) in [5.74, 6) is 1.86. The quantitative estimate of drug-likeness (QED) is 0.609. The SMILES string of the molecule is CC(C)CNC(N)=NCc1cccc(OCc2ccccc2)c1. The number of benzene rings is 2. The van der Waals surface area contributed by atoms with Gasteiger partial charge in [-0.3, -0.25) is 0 Å². The topological polar surface area (TPSA) is 59.6 Å². The lowest BCUT2D eigenvalue weighted by Crippen LogP contribution is -2.34. The first kappa shape index (κ1) is 16.9. The van der Waals surface area contributed by atoms with Crippen molar-refractivity contribution in [2.75, 3.05) is 6.54 Å². The number of nitrogens with two attached hydrogens (primary N) is 1. The predicted molar refractivity (Wildman–Crippen MR) is 95.4 cm³/mol. The molecule has 0 aliphatic heterocycles. The Bertz CT molecular complexity index is 624. The summed E-state index contributed by atoms with van der Waals surface area (Å²) < 4.78 is 5.82. The molecule has 4 nitrogen and oxygen atoms in total. The molecule has 2 aromatic rings. The molecule has 0 saturated carbocycles. The van der Waals surface area contributed by atoms with Crippen molar-refractivity contribution in [3.8, 4) is 5.75 Å². The molecule has 0 atom stereocenters. The van der Waals surface area contributed by atoms with Crippen molar-refractivity contribution in [2.24, 2.45) is 16.6 Å². The van der Waals surface area contributed by atoms with Gasteiger partial charge in [0.2, 0.25) is 0 Å². The zero-order valence-electron chi connectivity index (χ0n) is 13.8. The summed E-state index contributed by atoms with van der Waals surface area (Å²) in [6.45, 7) is 6.20. The second-order valence-corrected chi connectivity index (χ2v) is 5.90. The van der Waals surface area contributed by atoms with Crippen LogP contribution in [0.3, 0.4) is 0 Å². The summed E-state index contributed by atoms with van der Waals surface area (Å²) in [7, 11) is 0. The Morgan fingerprint density at radius 3 is 2.57 bits per heavy atom. The minimum Gasteiger partial charge on any atom is -0.489 e. The lowest BCUT2D eigenvalue weighted by Gasteiger charge is -2.09. The highest BCUT2D eigenvalue weighted by Crippen LogP contribution is 2.15. The van der Waals surface area contributed by atoms with Gasteiger partial charge in [-0.05, 0) is 29.2 Å². The number of guanidine groups is 1. The number of nitrogens with one attached hydrogen (secondary N) is 1. The molecule has 0 saturated heterocycles. The Morgan fingerprint density at radius 1 is 1.09 bits per heavy atom. The maximum absolute atomic E-state index is 5.85.